The molecule has 0 fully saturated rings. The van der Waals surface area contributed by atoms with Gasteiger partial charge in [0.2, 0.25) is 0 Å². The summed E-state index contributed by atoms with van der Waals surface area (Å²) in [5, 5.41) is 4.09. The Morgan fingerprint density at radius 2 is 2.06 bits per heavy atom. The molecule has 0 spiro atoms. The highest BCUT2D eigenvalue weighted by molar-refractivity contribution is 6.30. The molecule has 0 bridgehead atoms. The highest BCUT2D eigenvalue weighted by Gasteiger charge is 2.05. The molecule has 4 heteroatoms. The fourth-order valence-corrected chi connectivity index (χ4v) is 1.65. The molecule has 0 aromatic heterocycles. The van der Waals surface area contributed by atoms with Crippen molar-refractivity contribution in [3.63, 3.8) is 0 Å². The van der Waals surface area contributed by atoms with E-state index in [2.05, 4.69) is 17.0 Å². The monoisotopic (exact) mass is 255 g/mol. The van der Waals surface area contributed by atoms with Gasteiger partial charge in [0.05, 0.1) is 7.11 Å². The van der Waals surface area contributed by atoms with Gasteiger partial charge in [-0.3, -0.25) is 4.79 Å². The number of halogens is 1. The summed E-state index contributed by atoms with van der Waals surface area (Å²) in [6.45, 7) is 2.88. The zero-order valence-electron chi connectivity index (χ0n) is 10.2. The smallest absolute Gasteiger partial charge is 0.305 e. The molecule has 0 heterocycles. The summed E-state index contributed by atoms with van der Waals surface area (Å²) in [6, 6.07) is 8.01. The molecular formula is C13H18ClNO2. The van der Waals surface area contributed by atoms with Crippen molar-refractivity contribution in [2.45, 2.75) is 25.8 Å². The standard InChI is InChI=1S/C13H18ClNO2/c1-10(11-5-7-12(14)8-6-11)15-9-3-4-13(16)17-2/h5-8,10,15H,3-4,9H2,1-2H3/t10-/m1/s1. The molecule has 1 N–H and O–H groups in total. The molecule has 3 nitrogen and oxygen atoms in total. The first kappa shape index (κ1) is 14.0. The van der Waals surface area contributed by atoms with Crippen LogP contribution in [0.1, 0.15) is 31.4 Å². The molecule has 0 radical (unpaired) electrons. The van der Waals surface area contributed by atoms with Gasteiger partial charge in [0, 0.05) is 17.5 Å². The predicted molar refractivity (Wildman–Crippen MR) is 69.1 cm³/mol. The van der Waals surface area contributed by atoms with Crippen LogP contribution in [0.15, 0.2) is 24.3 Å². The van der Waals surface area contributed by atoms with Gasteiger partial charge in [-0.25, -0.2) is 0 Å². The van der Waals surface area contributed by atoms with E-state index >= 15 is 0 Å². The molecule has 17 heavy (non-hydrogen) atoms. The molecule has 0 saturated heterocycles. The third-order valence-corrected chi connectivity index (χ3v) is 2.86. The lowest BCUT2D eigenvalue weighted by atomic mass is 10.1. The molecule has 0 unspecified atom stereocenters. The minimum Gasteiger partial charge on any atom is -0.469 e. The Kier molecular flexibility index (Phi) is 6.01. The van der Waals surface area contributed by atoms with Crippen molar-refractivity contribution in [1.29, 1.82) is 0 Å². The van der Waals surface area contributed by atoms with Gasteiger partial charge in [0.1, 0.15) is 0 Å². The second kappa shape index (κ2) is 7.30. The van der Waals surface area contributed by atoms with Crippen LogP contribution in [0.25, 0.3) is 0 Å². The maximum absolute atomic E-state index is 10.9. The first-order valence-electron chi connectivity index (χ1n) is 5.69. The maximum Gasteiger partial charge on any atom is 0.305 e. The van der Waals surface area contributed by atoms with E-state index in [9.17, 15) is 4.79 Å². The van der Waals surface area contributed by atoms with Crippen molar-refractivity contribution in [2.75, 3.05) is 13.7 Å². The van der Waals surface area contributed by atoms with E-state index in [0.29, 0.717) is 6.42 Å². The molecular weight excluding hydrogens is 238 g/mol. The first-order valence-corrected chi connectivity index (χ1v) is 6.07. The van der Waals surface area contributed by atoms with Crippen LogP contribution in [0.2, 0.25) is 5.02 Å². The van der Waals surface area contributed by atoms with Gasteiger partial charge in [-0.1, -0.05) is 23.7 Å². The zero-order valence-corrected chi connectivity index (χ0v) is 11.0. The Hall–Kier alpha value is -1.06. The number of carbonyl (C=O) groups is 1. The van der Waals surface area contributed by atoms with E-state index in [1.807, 2.05) is 24.3 Å². The Morgan fingerprint density at radius 1 is 1.41 bits per heavy atom. The van der Waals surface area contributed by atoms with Crippen molar-refractivity contribution < 1.29 is 9.53 Å². The summed E-state index contributed by atoms with van der Waals surface area (Å²) < 4.78 is 4.57. The molecule has 0 aliphatic carbocycles. The summed E-state index contributed by atoms with van der Waals surface area (Å²) >= 11 is 5.82. The van der Waals surface area contributed by atoms with Gasteiger partial charge in [-0.2, -0.15) is 0 Å². The van der Waals surface area contributed by atoms with Crippen molar-refractivity contribution in [3.8, 4) is 0 Å². The van der Waals surface area contributed by atoms with E-state index in [1.165, 1.54) is 12.7 Å². The number of carbonyl (C=O) groups excluding carboxylic acids is 1. The van der Waals surface area contributed by atoms with Crippen molar-refractivity contribution >= 4 is 17.6 Å². The van der Waals surface area contributed by atoms with Crippen LogP contribution in [0.4, 0.5) is 0 Å². The molecule has 0 saturated carbocycles. The summed E-state index contributed by atoms with van der Waals surface area (Å²) in [5.74, 6) is -0.161. The SMILES string of the molecule is COC(=O)CCCN[C@H](C)c1ccc(Cl)cc1. The Bertz CT molecular complexity index is 351. The highest BCUT2D eigenvalue weighted by Crippen LogP contribution is 2.15. The predicted octanol–water partition coefficient (Wildman–Crippen LogP) is 2.94. The van der Waals surface area contributed by atoms with Crippen molar-refractivity contribution in [2.24, 2.45) is 0 Å². The summed E-state index contributed by atoms with van der Waals surface area (Å²) in [7, 11) is 1.41. The number of rotatable bonds is 6. The minimum atomic E-state index is -0.161. The van der Waals surface area contributed by atoms with Crippen molar-refractivity contribution in [3.05, 3.63) is 34.9 Å². The summed E-state index contributed by atoms with van der Waals surface area (Å²) in [6.07, 6.45) is 1.24. The fraction of sp³-hybridized carbons (Fsp3) is 0.462. The average molecular weight is 256 g/mol. The number of nitrogens with one attached hydrogen (secondary N) is 1. The molecule has 0 aliphatic heterocycles. The number of hydrogen-bond acceptors (Lipinski definition) is 3. The first-order chi connectivity index (χ1) is 8.13. The Labute approximate surface area is 107 Å². The van der Waals surface area contributed by atoms with Crippen LogP contribution in [0.5, 0.6) is 0 Å². The normalized spacial score (nSPS) is 12.2. The van der Waals surface area contributed by atoms with Crippen LogP contribution in [-0.2, 0) is 9.53 Å². The summed E-state index contributed by atoms with van der Waals surface area (Å²) in [4.78, 5) is 10.9. The lowest BCUT2D eigenvalue weighted by Gasteiger charge is -2.13. The second-order valence-electron chi connectivity index (χ2n) is 3.91. The topological polar surface area (TPSA) is 38.3 Å². The van der Waals surface area contributed by atoms with E-state index in [-0.39, 0.29) is 12.0 Å². The number of hydrogen-bond donors (Lipinski definition) is 1. The lowest BCUT2D eigenvalue weighted by molar-refractivity contribution is -0.140. The third kappa shape index (κ3) is 5.20. The fourth-order valence-electron chi connectivity index (χ4n) is 1.52. The number of esters is 1. The van der Waals surface area contributed by atoms with Gasteiger partial charge in [0.15, 0.2) is 0 Å². The van der Waals surface area contributed by atoms with Gasteiger partial charge in [-0.15, -0.1) is 0 Å². The number of ether oxygens (including phenoxy) is 1. The maximum atomic E-state index is 10.9. The summed E-state index contributed by atoms with van der Waals surface area (Å²) in [5.41, 5.74) is 1.19. The zero-order chi connectivity index (χ0) is 12.7. The van der Waals surface area contributed by atoms with Gasteiger partial charge >= 0.3 is 5.97 Å². The molecule has 1 aromatic carbocycles. The van der Waals surface area contributed by atoms with Crippen LogP contribution in [0.3, 0.4) is 0 Å². The van der Waals surface area contributed by atoms with E-state index in [0.717, 1.165) is 18.0 Å². The lowest BCUT2D eigenvalue weighted by Crippen LogP contribution is -2.20. The number of benzene rings is 1. The van der Waals surface area contributed by atoms with Crippen molar-refractivity contribution in [1.82, 2.24) is 5.32 Å². The Morgan fingerprint density at radius 3 is 2.65 bits per heavy atom. The van der Waals surface area contributed by atoms with Crippen LogP contribution in [-0.4, -0.2) is 19.6 Å². The van der Waals surface area contributed by atoms with Gasteiger partial charge < -0.3 is 10.1 Å². The van der Waals surface area contributed by atoms with E-state index < -0.39 is 0 Å². The third-order valence-electron chi connectivity index (χ3n) is 2.61. The van der Waals surface area contributed by atoms with E-state index in [4.69, 9.17) is 11.6 Å². The molecule has 0 aliphatic rings. The number of methoxy groups -OCH3 is 1. The molecule has 1 aromatic rings. The largest absolute Gasteiger partial charge is 0.469 e. The van der Waals surface area contributed by atoms with Gasteiger partial charge in [0.25, 0.3) is 0 Å². The average Bonchev–Trinajstić information content (AvgIpc) is 2.34. The molecule has 1 rings (SSSR count). The van der Waals surface area contributed by atoms with Crippen LogP contribution < -0.4 is 5.32 Å². The van der Waals surface area contributed by atoms with Gasteiger partial charge in [-0.05, 0) is 37.6 Å². The van der Waals surface area contributed by atoms with Crippen LogP contribution in [0, 0.1) is 0 Å². The van der Waals surface area contributed by atoms with E-state index in [1.54, 1.807) is 0 Å². The second-order valence-corrected chi connectivity index (χ2v) is 4.34. The minimum absolute atomic E-state index is 0.161. The quantitative estimate of drug-likeness (QED) is 0.627. The Balaban J connectivity index is 2.27. The molecule has 94 valence electrons. The molecule has 1 atom stereocenters. The molecule has 0 amide bonds. The highest BCUT2D eigenvalue weighted by atomic mass is 35.5. The van der Waals surface area contributed by atoms with Crippen LogP contribution >= 0.6 is 11.6 Å².